The summed E-state index contributed by atoms with van der Waals surface area (Å²) in [4.78, 5) is 14.3. The molecular weight excluding hydrogens is 256 g/mol. The van der Waals surface area contributed by atoms with Crippen LogP contribution in [0.1, 0.15) is 16.8 Å². The van der Waals surface area contributed by atoms with Gasteiger partial charge in [0.05, 0.1) is 5.69 Å². The Balaban J connectivity index is 1.75. The first-order valence-electron chi connectivity index (χ1n) is 6.68. The first-order chi connectivity index (χ1) is 9.84. The molecule has 0 atom stereocenters. The Morgan fingerprint density at radius 2 is 2.00 bits per heavy atom. The average molecular weight is 272 g/mol. The molecule has 1 saturated heterocycles. The highest BCUT2D eigenvalue weighted by atomic mass is 16.2. The van der Waals surface area contributed by atoms with Crippen molar-refractivity contribution in [3.05, 3.63) is 36.2 Å². The third-order valence-electron chi connectivity index (χ3n) is 3.36. The largest absolute Gasteiger partial charge is 0.337 e. The molecule has 2 aromatic rings. The number of carbonyl (C=O) groups is 1. The van der Waals surface area contributed by atoms with Crippen molar-refractivity contribution in [3.8, 4) is 5.69 Å². The van der Waals surface area contributed by atoms with Gasteiger partial charge in [-0.05, 0) is 47.7 Å². The maximum atomic E-state index is 12.4. The summed E-state index contributed by atoms with van der Waals surface area (Å²) in [6.07, 6.45) is 2.52. The van der Waals surface area contributed by atoms with E-state index >= 15 is 0 Å². The van der Waals surface area contributed by atoms with Crippen LogP contribution >= 0.6 is 0 Å². The lowest BCUT2D eigenvalue weighted by Gasteiger charge is -2.20. The number of hydrogen-bond donors (Lipinski definition) is 1. The van der Waals surface area contributed by atoms with E-state index in [1.807, 2.05) is 29.2 Å². The van der Waals surface area contributed by atoms with Gasteiger partial charge >= 0.3 is 0 Å². The van der Waals surface area contributed by atoms with Crippen LogP contribution in [0.3, 0.4) is 0 Å². The molecule has 7 nitrogen and oxygen atoms in total. The SMILES string of the molecule is O=C(c1ccc(-n2cnnn2)cc1)N1CCCNCC1. The summed E-state index contributed by atoms with van der Waals surface area (Å²) in [5.74, 6) is 0.0805. The molecule has 1 aliphatic heterocycles. The number of benzene rings is 1. The zero-order valence-electron chi connectivity index (χ0n) is 11.1. The second-order valence-electron chi connectivity index (χ2n) is 4.70. The molecule has 0 radical (unpaired) electrons. The number of rotatable bonds is 2. The van der Waals surface area contributed by atoms with Crippen LogP contribution in [0.4, 0.5) is 0 Å². The fraction of sp³-hybridized carbons (Fsp3) is 0.385. The first-order valence-corrected chi connectivity index (χ1v) is 6.68. The molecule has 0 bridgehead atoms. The Hall–Kier alpha value is -2.28. The van der Waals surface area contributed by atoms with Crippen molar-refractivity contribution in [2.45, 2.75) is 6.42 Å². The van der Waals surface area contributed by atoms with Crippen molar-refractivity contribution in [1.82, 2.24) is 30.4 Å². The average Bonchev–Trinajstić information content (AvgIpc) is 2.89. The lowest BCUT2D eigenvalue weighted by atomic mass is 10.1. The molecule has 0 saturated carbocycles. The summed E-state index contributed by atoms with van der Waals surface area (Å²) in [6, 6.07) is 7.33. The minimum absolute atomic E-state index is 0.0805. The first kappa shape index (κ1) is 12.7. The highest BCUT2D eigenvalue weighted by Crippen LogP contribution is 2.11. The van der Waals surface area contributed by atoms with Crippen molar-refractivity contribution in [1.29, 1.82) is 0 Å². The van der Waals surface area contributed by atoms with E-state index in [0.717, 1.165) is 38.3 Å². The van der Waals surface area contributed by atoms with Crippen molar-refractivity contribution >= 4 is 5.91 Å². The molecule has 1 aromatic heterocycles. The molecule has 0 aliphatic carbocycles. The topological polar surface area (TPSA) is 75.9 Å². The van der Waals surface area contributed by atoms with Gasteiger partial charge < -0.3 is 10.2 Å². The summed E-state index contributed by atoms with van der Waals surface area (Å²) in [5.41, 5.74) is 1.54. The van der Waals surface area contributed by atoms with Crippen molar-refractivity contribution in [2.24, 2.45) is 0 Å². The molecule has 104 valence electrons. The fourth-order valence-corrected chi connectivity index (χ4v) is 2.27. The van der Waals surface area contributed by atoms with E-state index in [1.165, 1.54) is 6.33 Å². The van der Waals surface area contributed by atoms with Crippen molar-refractivity contribution in [3.63, 3.8) is 0 Å². The normalized spacial score (nSPS) is 15.9. The van der Waals surface area contributed by atoms with Crippen LogP contribution in [0.25, 0.3) is 5.69 Å². The van der Waals surface area contributed by atoms with E-state index < -0.39 is 0 Å². The number of tetrazole rings is 1. The number of carbonyl (C=O) groups excluding carboxylic acids is 1. The molecule has 0 spiro atoms. The fourth-order valence-electron chi connectivity index (χ4n) is 2.27. The van der Waals surface area contributed by atoms with E-state index in [0.29, 0.717) is 5.56 Å². The van der Waals surface area contributed by atoms with Gasteiger partial charge in [-0.3, -0.25) is 4.79 Å². The maximum Gasteiger partial charge on any atom is 0.253 e. The molecule has 2 heterocycles. The Bertz CT molecular complexity index is 557. The molecule has 1 amide bonds. The third kappa shape index (κ3) is 2.67. The second-order valence-corrected chi connectivity index (χ2v) is 4.70. The number of hydrogen-bond acceptors (Lipinski definition) is 5. The van der Waals surface area contributed by atoms with Crippen molar-refractivity contribution in [2.75, 3.05) is 26.2 Å². The van der Waals surface area contributed by atoms with Gasteiger partial charge in [-0.15, -0.1) is 5.10 Å². The quantitative estimate of drug-likeness (QED) is 0.839. The van der Waals surface area contributed by atoms with Crippen LogP contribution < -0.4 is 5.32 Å². The summed E-state index contributed by atoms with van der Waals surface area (Å²) in [5, 5.41) is 14.3. The number of aromatic nitrogens is 4. The number of nitrogens with zero attached hydrogens (tertiary/aromatic N) is 5. The van der Waals surface area contributed by atoms with Gasteiger partial charge in [0.2, 0.25) is 0 Å². The summed E-state index contributed by atoms with van der Waals surface area (Å²) < 4.78 is 1.56. The molecule has 3 rings (SSSR count). The number of nitrogens with one attached hydrogen (secondary N) is 1. The minimum Gasteiger partial charge on any atom is -0.337 e. The lowest BCUT2D eigenvalue weighted by molar-refractivity contribution is 0.0766. The van der Waals surface area contributed by atoms with Crippen molar-refractivity contribution < 1.29 is 4.79 Å². The van der Waals surface area contributed by atoms with E-state index in [4.69, 9.17) is 0 Å². The smallest absolute Gasteiger partial charge is 0.253 e. The van der Waals surface area contributed by atoms with Gasteiger partial charge in [0.15, 0.2) is 0 Å². The lowest BCUT2D eigenvalue weighted by Crippen LogP contribution is -2.34. The van der Waals surface area contributed by atoms with Crippen LogP contribution in [0.5, 0.6) is 0 Å². The van der Waals surface area contributed by atoms with E-state index in [9.17, 15) is 4.79 Å². The van der Waals surface area contributed by atoms with Crippen LogP contribution in [0, 0.1) is 0 Å². The molecule has 1 N–H and O–H groups in total. The molecule has 7 heteroatoms. The van der Waals surface area contributed by atoms with Gasteiger partial charge in [-0.2, -0.15) is 0 Å². The van der Waals surface area contributed by atoms with Gasteiger partial charge in [0.25, 0.3) is 5.91 Å². The van der Waals surface area contributed by atoms with E-state index in [2.05, 4.69) is 20.8 Å². The maximum absolute atomic E-state index is 12.4. The van der Waals surface area contributed by atoms with Crippen LogP contribution in [0.15, 0.2) is 30.6 Å². The monoisotopic (exact) mass is 272 g/mol. The minimum atomic E-state index is 0.0805. The Morgan fingerprint density at radius 1 is 1.15 bits per heavy atom. The van der Waals surface area contributed by atoms with Crippen LogP contribution in [-0.2, 0) is 0 Å². The summed E-state index contributed by atoms with van der Waals surface area (Å²) in [6.45, 7) is 3.39. The standard InChI is InChI=1S/C13H16N6O/c20-13(18-8-1-6-14-7-9-18)11-2-4-12(5-3-11)19-10-15-16-17-19/h2-5,10,14H,1,6-9H2. The zero-order chi connectivity index (χ0) is 13.8. The predicted molar refractivity (Wildman–Crippen MR) is 72.5 cm³/mol. The van der Waals surface area contributed by atoms with Gasteiger partial charge in [-0.1, -0.05) is 0 Å². The van der Waals surface area contributed by atoms with Gasteiger partial charge in [0.1, 0.15) is 6.33 Å². The molecule has 1 aliphatic rings. The van der Waals surface area contributed by atoms with Gasteiger partial charge in [-0.25, -0.2) is 4.68 Å². The highest BCUT2D eigenvalue weighted by molar-refractivity contribution is 5.94. The Labute approximate surface area is 116 Å². The van der Waals surface area contributed by atoms with E-state index in [1.54, 1.807) is 4.68 Å². The molecule has 1 aromatic carbocycles. The Morgan fingerprint density at radius 3 is 2.75 bits per heavy atom. The molecule has 1 fully saturated rings. The van der Waals surface area contributed by atoms with Crippen LogP contribution in [0.2, 0.25) is 0 Å². The predicted octanol–water partition coefficient (Wildman–Crippen LogP) is 0.0978. The molecule has 20 heavy (non-hydrogen) atoms. The third-order valence-corrected chi connectivity index (χ3v) is 3.36. The second kappa shape index (κ2) is 5.79. The van der Waals surface area contributed by atoms with Gasteiger partial charge in [0, 0.05) is 25.2 Å². The Kier molecular flexibility index (Phi) is 3.69. The summed E-state index contributed by atoms with van der Waals surface area (Å²) in [7, 11) is 0. The van der Waals surface area contributed by atoms with Crippen LogP contribution in [-0.4, -0.2) is 57.2 Å². The molecular formula is C13H16N6O. The number of amides is 1. The van der Waals surface area contributed by atoms with E-state index in [-0.39, 0.29) is 5.91 Å². The highest BCUT2D eigenvalue weighted by Gasteiger charge is 2.16. The zero-order valence-corrected chi connectivity index (χ0v) is 11.1. The summed E-state index contributed by atoms with van der Waals surface area (Å²) >= 11 is 0. The molecule has 0 unspecified atom stereocenters.